The van der Waals surface area contributed by atoms with E-state index in [-0.39, 0.29) is 12.2 Å². The smallest absolute Gasteiger partial charge is 0.258 e. The molecule has 8 nitrogen and oxygen atoms in total. The average Bonchev–Trinajstić information content (AvgIpc) is 2.94. The second-order valence-corrected chi connectivity index (χ2v) is 5.85. The number of halogens is 4. The molecule has 0 N–H and O–H groups in total. The summed E-state index contributed by atoms with van der Waals surface area (Å²) in [6.45, 7) is 1.36. The monoisotopic (exact) mass is 397 g/mol. The molecular weight excluding hydrogens is 386 g/mol. The number of alkyl halides is 3. The zero-order valence-corrected chi connectivity index (χ0v) is 14.1. The number of benzene rings is 2. The van der Waals surface area contributed by atoms with Crippen LogP contribution in [0.4, 0.5) is 23.2 Å². The van der Waals surface area contributed by atoms with Crippen molar-refractivity contribution in [1.82, 2.24) is 19.8 Å². The van der Waals surface area contributed by atoms with Crippen molar-refractivity contribution in [1.29, 1.82) is 0 Å². The van der Waals surface area contributed by atoms with Crippen LogP contribution in [0.25, 0.3) is 5.69 Å². The lowest BCUT2D eigenvalue weighted by molar-refractivity contribution is -0.385. The van der Waals surface area contributed by atoms with Crippen LogP contribution in [-0.2, 0) is 12.7 Å². The van der Waals surface area contributed by atoms with Gasteiger partial charge < -0.3 is 0 Å². The number of nitro groups is 1. The van der Waals surface area contributed by atoms with Gasteiger partial charge in [0.1, 0.15) is 5.69 Å². The van der Waals surface area contributed by atoms with Gasteiger partial charge in [0.15, 0.2) is 5.82 Å². The Morgan fingerprint density at radius 1 is 1.18 bits per heavy atom. The molecule has 1 aromatic heterocycles. The van der Waals surface area contributed by atoms with Crippen molar-refractivity contribution in [3.63, 3.8) is 0 Å². The molecule has 3 rings (SSSR count). The van der Waals surface area contributed by atoms with Crippen LogP contribution in [0.3, 0.4) is 0 Å². The second kappa shape index (κ2) is 6.87. The molecule has 0 aliphatic rings. The molecule has 0 saturated heterocycles. The molecule has 0 saturated carbocycles. The number of rotatable bonds is 4. The summed E-state index contributed by atoms with van der Waals surface area (Å²) in [5.74, 6) is -1.64. The summed E-state index contributed by atoms with van der Waals surface area (Å²) in [7, 11) is 0. The van der Waals surface area contributed by atoms with Crippen LogP contribution in [0.15, 0.2) is 41.2 Å². The molecule has 0 aliphatic heterocycles. The predicted octanol–water partition coefficient (Wildman–Crippen LogP) is 2.85. The van der Waals surface area contributed by atoms with Gasteiger partial charge in [-0.2, -0.15) is 22.5 Å². The fourth-order valence-corrected chi connectivity index (χ4v) is 2.62. The highest BCUT2D eigenvalue weighted by Gasteiger charge is 2.35. The van der Waals surface area contributed by atoms with E-state index in [1.165, 1.54) is 25.1 Å². The lowest BCUT2D eigenvalue weighted by Crippen LogP contribution is -2.26. The number of aryl methyl sites for hydroxylation is 1. The second-order valence-electron chi connectivity index (χ2n) is 5.85. The summed E-state index contributed by atoms with van der Waals surface area (Å²) in [5.41, 5.74) is -2.46. The van der Waals surface area contributed by atoms with Gasteiger partial charge in [-0.25, -0.2) is 9.18 Å². The minimum atomic E-state index is -4.93. The number of hydrogen-bond acceptors (Lipinski definition) is 5. The van der Waals surface area contributed by atoms with E-state index in [1.807, 2.05) is 0 Å². The maximum Gasteiger partial charge on any atom is 0.419 e. The maximum atomic E-state index is 14.2. The summed E-state index contributed by atoms with van der Waals surface area (Å²) in [4.78, 5) is 22.7. The number of hydrogen-bond donors (Lipinski definition) is 0. The van der Waals surface area contributed by atoms with E-state index in [0.29, 0.717) is 21.9 Å². The van der Waals surface area contributed by atoms with Crippen molar-refractivity contribution in [2.75, 3.05) is 0 Å². The van der Waals surface area contributed by atoms with Crippen LogP contribution < -0.4 is 5.69 Å². The molecule has 0 atom stereocenters. The lowest BCUT2D eigenvalue weighted by atomic mass is 10.1. The predicted molar refractivity (Wildman–Crippen MR) is 87.5 cm³/mol. The van der Waals surface area contributed by atoms with Gasteiger partial charge in [-0.05, 0) is 41.1 Å². The van der Waals surface area contributed by atoms with E-state index in [1.54, 1.807) is 0 Å². The van der Waals surface area contributed by atoms with Gasteiger partial charge in [0.05, 0.1) is 17.0 Å². The zero-order chi connectivity index (χ0) is 20.6. The Bertz CT molecular complexity index is 1120. The molecule has 146 valence electrons. The molecule has 0 amide bonds. The van der Waals surface area contributed by atoms with Crippen molar-refractivity contribution < 1.29 is 22.5 Å². The molecule has 3 aromatic rings. The summed E-state index contributed by atoms with van der Waals surface area (Å²) in [6, 6.07) is 6.60. The summed E-state index contributed by atoms with van der Waals surface area (Å²) in [6.07, 6.45) is -4.93. The van der Waals surface area contributed by atoms with E-state index in [0.717, 1.165) is 16.8 Å². The van der Waals surface area contributed by atoms with Gasteiger partial charge in [0, 0.05) is 11.6 Å². The molecule has 2 aromatic carbocycles. The van der Waals surface area contributed by atoms with Gasteiger partial charge in [-0.1, -0.05) is 12.1 Å². The third kappa shape index (κ3) is 3.48. The molecule has 0 fully saturated rings. The minimum absolute atomic E-state index is 0.106. The Morgan fingerprint density at radius 3 is 2.50 bits per heavy atom. The Morgan fingerprint density at radius 2 is 1.89 bits per heavy atom. The Balaban J connectivity index is 1.97. The largest absolute Gasteiger partial charge is 0.419 e. The number of nitro benzene ring substituents is 1. The number of nitrogens with zero attached hydrogens (tertiary/aromatic N) is 5. The van der Waals surface area contributed by atoms with E-state index in [4.69, 9.17) is 0 Å². The van der Waals surface area contributed by atoms with Crippen molar-refractivity contribution >= 4 is 5.69 Å². The lowest BCUT2D eigenvalue weighted by Gasteiger charge is -2.09. The summed E-state index contributed by atoms with van der Waals surface area (Å²) in [5, 5.41) is 17.8. The van der Waals surface area contributed by atoms with Gasteiger partial charge in [0.2, 0.25) is 0 Å². The van der Waals surface area contributed by atoms with E-state index < -0.39 is 33.9 Å². The first-order valence-corrected chi connectivity index (χ1v) is 7.72. The van der Waals surface area contributed by atoms with Crippen molar-refractivity contribution in [3.8, 4) is 5.69 Å². The van der Waals surface area contributed by atoms with Crippen LogP contribution in [0, 0.1) is 22.9 Å². The number of tetrazole rings is 1. The first-order valence-electron chi connectivity index (χ1n) is 7.72. The van der Waals surface area contributed by atoms with Crippen molar-refractivity contribution in [2.45, 2.75) is 19.6 Å². The van der Waals surface area contributed by atoms with Gasteiger partial charge in [-0.15, -0.1) is 0 Å². The third-order valence-corrected chi connectivity index (χ3v) is 3.94. The SMILES string of the molecule is Cc1cc(Cn2nnn(-c3cccc(C(F)(F)F)c3F)c2=O)ccc1[N+](=O)[O-]. The Labute approximate surface area is 153 Å². The molecule has 12 heteroatoms. The van der Waals surface area contributed by atoms with Crippen LogP contribution in [0.1, 0.15) is 16.7 Å². The van der Waals surface area contributed by atoms with Crippen LogP contribution in [0.5, 0.6) is 0 Å². The highest BCUT2D eigenvalue weighted by atomic mass is 19.4. The Kier molecular flexibility index (Phi) is 4.71. The highest BCUT2D eigenvalue weighted by Crippen LogP contribution is 2.32. The molecule has 0 aliphatic carbocycles. The van der Waals surface area contributed by atoms with E-state index in [9.17, 15) is 32.5 Å². The molecule has 0 radical (unpaired) electrons. The van der Waals surface area contributed by atoms with Gasteiger partial charge in [0.25, 0.3) is 5.69 Å². The topological polar surface area (TPSA) is 95.8 Å². The molecule has 0 bridgehead atoms. The minimum Gasteiger partial charge on any atom is -0.258 e. The van der Waals surface area contributed by atoms with Gasteiger partial charge >= 0.3 is 11.9 Å². The molecule has 28 heavy (non-hydrogen) atoms. The maximum absolute atomic E-state index is 14.2. The Hall–Kier alpha value is -3.57. The van der Waals surface area contributed by atoms with Gasteiger partial charge in [-0.3, -0.25) is 10.1 Å². The van der Waals surface area contributed by atoms with E-state index >= 15 is 0 Å². The molecule has 1 heterocycles. The standard InChI is InChI=1S/C16H11F4N5O3/c1-9-7-10(5-6-12(9)25(27)28)8-23-15(26)24(22-21-23)13-4-2-3-11(14(13)17)16(18,19)20/h2-7H,8H2,1H3. The van der Waals surface area contributed by atoms with Crippen molar-refractivity contribution in [3.05, 3.63) is 79.5 Å². The summed E-state index contributed by atoms with van der Waals surface area (Å²) >= 11 is 0. The highest BCUT2D eigenvalue weighted by molar-refractivity contribution is 5.42. The fourth-order valence-electron chi connectivity index (χ4n) is 2.62. The van der Waals surface area contributed by atoms with Crippen LogP contribution in [0.2, 0.25) is 0 Å². The summed E-state index contributed by atoms with van der Waals surface area (Å²) < 4.78 is 54.0. The van der Waals surface area contributed by atoms with Crippen LogP contribution >= 0.6 is 0 Å². The zero-order valence-electron chi connectivity index (χ0n) is 14.1. The third-order valence-electron chi connectivity index (χ3n) is 3.94. The quantitative estimate of drug-likeness (QED) is 0.383. The average molecular weight is 397 g/mol. The molecule has 0 spiro atoms. The van der Waals surface area contributed by atoms with E-state index in [2.05, 4.69) is 10.4 Å². The van der Waals surface area contributed by atoms with Crippen molar-refractivity contribution in [2.24, 2.45) is 0 Å². The first-order chi connectivity index (χ1) is 13.1. The molecular formula is C16H11F4N5O3. The normalized spacial score (nSPS) is 11.6. The molecule has 0 unspecified atom stereocenters. The fraction of sp³-hybridized carbons (Fsp3) is 0.188. The number of aromatic nitrogens is 4. The first kappa shape index (κ1) is 19.2. The van der Waals surface area contributed by atoms with Crippen LogP contribution in [-0.4, -0.2) is 24.7 Å².